The first kappa shape index (κ1) is 10.6. The van der Waals surface area contributed by atoms with Gasteiger partial charge in [-0.05, 0) is 11.6 Å². The molecule has 5 heteroatoms. The zero-order valence-corrected chi connectivity index (χ0v) is 8.61. The van der Waals surface area contributed by atoms with Gasteiger partial charge in [0.25, 0.3) is 0 Å². The maximum absolute atomic E-state index is 13.3. The van der Waals surface area contributed by atoms with Gasteiger partial charge in [-0.25, -0.2) is 8.78 Å². The van der Waals surface area contributed by atoms with Gasteiger partial charge in [0.2, 0.25) is 5.88 Å². The van der Waals surface area contributed by atoms with Gasteiger partial charge >= 0.3 is 0 Å². The van der Waals surface area contributed by atoms with Crippen molar-refractivity contribution in [3.8, 4) is 5.88 Å². The van der Waals surface area contributed by atoms with Crippen molar-refractivity contribution in [3.05, 3.63) is 47.4 Å². The predicted molar refractivity (Wildman–Crippen MR) is 54.0 cm³/mol. The highest BCUT2D eigenvalue weighted by Gasteiger charge is 2.09. The van der Waals surface area contributed by atoms with Crippen LogP contribution in [0.3, 0.4) is 0 Å². The summed E-state index contributed by atoms with van der Waals surface area (Å²) in [5, 5.41) is 9.14. The van der Waals surface area contributed by atoms with Crippen molar-refractivity contribution in [2.24, 2.45) is 7.05 Å². The fraction of sp³-hybridized carbons (Fsp3) is 0.182. The Morgan fingerprint density at radius 1 is 1.38 bits per heavy atom. The van der Waals surface area contributed by atoms with Crippen molar-refractivity contribution in [1.29, 1.82) is 0 Å². The molecule has 2 rings (SSSR count). The summed E-state index contributed by atoms with van der Waals surface area (Å²) in [6, 6.07) is 3.40. The number of hydrogen-bond donors (Lipinski definition) is 1. The van der Waals surface area contributed by atoms with Crippen LogP contribution in [0.25, 0.3) is 0 Å². The molecule has 1 N–H and O–H groups in total. The number of halogens is 2. The van der Waals surface area contributed by atoms with Crippen molar-refractivity contribution in [2.75, 3.05) is 0 Å². The van der Waals surface area contributed by atoms with Crippen LogP contribution in [0.4, 0.5) is 8.78 Å². The summed E-state index contributed by atoms with van der Waals surface area (Å²) >= 11 is 0. The Balaban J connectivity index is 2.30. The first-order chi connectivity index (χ1) is 7.56. The normalized spacial score (nSPS) is 10.7. The molecule has 0 radical (unpaired) electrons. The summed E-state index contributed by atoms with van der Waals surface area (Å²) < 4.78 is 27.6. The summed E-state index contributed by atoms with van der Waals surface area (Å²) in [4.78, 5) is 3.83. The fourth-order valence-corrected chi connectivity index (χ4v) is 1.49. The minimum Gasteiger partial charge on any atom is -0.492 e. The van der Waals surface area contributed by atoms with Crippen molar-refractivity contribution in [1.82, 2.24) is 9.55 Å². The third kappa shape index (κ3) is 2.03. The van der Waals surface area contributed by atoms with Gasteiger partial charge in [-0.15, -0.1) is 0 Å². The second kappa shape index (κ2) is 3.92. The standard InChI is InChI=1S/C11H10F2N2O/c1-15-6-11(16)14-10(15)4-7-2-3-8(12)5-9(7)13/h2-3,5-6,16H,4H2,1H3. The van der Waals surface area contributed by atoms with Crippen LogP contribution in [0.2, 0.25) is 0 Å². The van der Waals surface area contributed by atoms with Crippen LogP contribution in [0, 0.1) is 11.6 Å². The van der Waals surface area contributed by atoms with E-state index in [4.69, 9.17) is 5.11 Å². The summed E-state index contributed by atoms with van der Waals surface area (Å²) in [5.41, 5.74) is 0.343. The number of aromatic hydroxyl groups is 1. The Hall–Kier alpha value is -1.91. The van der Waals surface area contributed by atoms with Gasteiger partial charge in [-0.3, -0.25) is 0 Å². The van der Waals surface area contributed by atoms with E-state index in [9.17, 15) is 8.78 Å². The number of imidazole rings is 1. The monoisotopic (exact) mass is 224 g/mol. The van der Waals surface area contributed by atoms with Crippen molar-refractivity contribution < 1.29 is 13.9 Å². The highest BCUT2D eigenvalue weighted by atomic mass is 19.1. The van der Waals surface area contributed by atoms with Crippen LogP contribution < -0.4 is 0 Å². The zero-order chi connectivity index (χ0) is 11.7. The zero-order valence-electron chi connectivity index (χ0n) is 8.61. The Bertz CT molecular complexity index is 523. The molecule has 1 aromatic heterocycles. The van der Waals surface area contributed by atoms with Crippen LogP contribution in [0.15, 0.2) is 24.4 Å². The maximum atomic E-state index is 13.3. The molecule has 0 aliphatic carbocycles. The van der Waals surface area contributed by atoms with E-state index >= 15 is 0 Å². The van der Waals surface area contributed by atoms with Gasteiger partial charge in [-0.2, -0.15) is 4.98 Å². The Kier molecular flexibility index (Phi) is 2.60. The molecule has 0 fully saturated rings. The molecule has 0 amide bonds. The number of hydrogen-bond acceptors (Lipinski definition) is 2. The second-order valence-corrected chi connectivity index (χ2v) is 3.54. The van der Waals surface area contributed by atoms with Gasteiger partial charge in [-0.1, -0.05) is 6.07 Å². The number of aromatic nitrogens is 2. The average Bonchev–Trinajstić information content (AvgIpc) is 2.50. The lowest BCUT2D eigenvalue weighted by atomic mass is 10.1. The lowest BCUT2D eigenvalue weighted by Gasteiger charge is -2.03. The highest BCUT2D eigenvalue weighted by molar-refractivity contribution is 5.23. The molecule has 0 saturated carbocycles. The predicted octanol–water partition coefficient (Wildman–Crippen LogP) is 1.99. The molecule has 0 bridgehead atoms. The minimum atomic E-state index is -0.609. The lowest BCUT2D eigenvalue weighted by molar-refractivity contribution is 0.455. The van der Waals surface area contributed by atoms with Gasteiger partial charge in [0.15, 0.2) is 0 Å². The van der Waals surface area contributed by atoms with Gasteiger partial charge < -0.3 is 9.67 Å². The number of benzene rings is 1. The van der Waals surface area contributed by atoms with E-state index in [-0.39, 0.29) is 12.3 Å². The maximum Gasteiger partial charge on any atom is 0.229 e. The van der Waals surface area contributed by atoms with Crippen molar-refractivity contribution in [3.63, 3.8) is 0 Å². The molecule has 0 unspecified atom stereocenters. The van der Waals surface area contributed by atoms with Crippen LogP contribution in [0.1, 0.15) is 11.4 Å². The molecule has 84 valence electrons. The summed E-state index contributed by atoms with van der Waals surface area (Å²) in [6.07, 6.45) is 1.64. The Labute approximate surface area is 91.0 Å². The van der Waals surface area contributed by atoms with E-state index in [0.29, 0.717) is 11.4 Å². The molecule has 0 saturated heterocycles. The van der Waals surface area contributed by atoms with Crippen LogP contribution in [-0.4, -0.2) is 14.7 Å². The largest absolute Gasteiger partial charge is 0.492 e. The van der Waals surface area contributed by atoms with E-state index in [1.54, 1.807) is 11.6 Å². The third-order valence-electron chi connectivity index (χ3n) is 2.32. The smallest absolute Gasteiger partial charge is 0.229 e. The molecule has 2 aromatic rings. The van der Waals surface area contributed by atoms with Gasteiger partial charge in [0.1, 0.15) is 17.5 Å². The Morgan fingerprint density at radius 3 is 2.69 bits per heavy atom. The molecule has 0 aliphatic rings. The molecule has 0 spiro atoms. The van der Waals surface area contributed by atoms with E-state index in [1.165, 1.54) is 18.3 Å². The lowest BCUT2D eigenvalue weighted by Crippen LogP contribution is -2.00. The van der Waals surface area contributed by atoms with E-state index in [2.05, 4.69) is 4.98 Å². The van der Waals surface area contributed by atoms with Crippen LogP contribution >= 0.6 is 0 Å². The topological polar surface area (TPSA) is 38.0 Å². The number of rotatable bonds is 2. The molecule has 3 nitrogen and oxygen atoms in total. The van der Waals surface area contributed by atoms with Crippen molar-refractivity contribution in [2.45, 2.75) is 6.42 Å². The molecular weight excluding hydrogens is 214 g/mol. The van der Waals surface area contributed by atoms with E-state index in [0.717, 1.165) is 6.07 Å². The van der Waals surface area contributed by atoms with Crippen molar-refractivity contribution >= 4 is 0 Å². The summed E-state index contributed by atoms with van der Waals surface area (Å²) in [5.74, 6) is -0.811. The highest BCUT2D eigenvalue weighted by Crippen LogP contribution is 2.15. The second-order valence-electron chi connectivity index (χ2n) is 3.54. The first-order valence-electron chi connectivity index (χ1n) is 4.71. The molecule has 16 heavy (non-hydrogen) atoms. The fourth-order valence-electron chi connectivity index (χ4n) is 1.49. The molecule has 1 aromatic carbocycles. The average molecular weight is 224 g/mol. The van der Waals surface area contributed by atoms with Crippen LogP contribution in [-0.2, 0) is 13.5 Å². The molecule has 0 aliphatic heterocycles. The molecule has 0 atom stereocenters. The Morgan fingerprint density at radius 2 is 2.12 bits per heavy atom. The minimum absolute atomic E-state index is 0.111. The van der Waals surface area contributed by atoms with E-state index in [1.807, 2.05) is 0 Å². The quantitative estimate of drug-likeness (QED) is 0.847. The number of nitrogens with zero attached hydrogens (tertiary/aromatic N) is 2. The van der Waals surface area contributed by atoms with Gasteiger partial charge in [0, 0.05) is 19.5 Å². The molecule has 1 heterocycles. The first-order valence-corrected chi connectivity index (χ1v) is 4.71. The van der Waals surface area contributed by atoms with E-state index < -0.39 is 11.6 Å². The molecular formula is C11H10F2N2O. The van der Waals surface area contributed by atoms with Crippen LogP contribution in [0.5, 0.6) is 5.88 Å². The SMILES string of the molecule is Cn1cc(O)nc1Cc1ccc(F)cc1F. The van der Waals surface area contributed by atoms with Gasteiger partial charge in [0.05, 0.1) is 6.20 Å². The number of aryl methyl sites for hydroxylation is 1. The third-order valence-corrected chi connectivity index (χ3v) is 2.32. The summed E-state index contributed by atoms with van der Waals surface area (Å²) in [6.45, 7) is 0. The summed E-state index contributed by atoms with van der Waals surface area (Å²) in [7, 11) is 1.70.